The molecular weight excluding hydrogens is 1250 g/mol. The van der Waals surface area contributed by atoms with Crippen molar-refractivity contribution in [2.45, 2.75) is 38.7 Å². The number of alkyl halides is 6. The van der Waals surface area contributed by atoms with E-state index in [9.17, 15) is 16.8 Å². The number of hydrogen-bond acceptors (Lipinski definition) is 8. The van der Waals surface area contributed by atoms with Crippen molar-refractivity contribution in [2.75, 3.05) is 0 Å². The summed E-state index contributed by atoms with van der Waals surface area (Å²) in [5.74, 6) is -1.50. The van der Waals surface area contributed by atoms with Crippen LogP contribution in [0.25, 0.3) is 110 Å². The van der Waals surface area contributed by atoms with Gasteiger partial charge in [-0.05, 0) is 117 Å². The molecule has 2 aliphatic rings. The molecule has 0 atom stereocenters. The lowest BCUT2D eigenvalue weighted by molar-refractivity contribution is -0.0440. The first-order valence-electron chi connectivity index (χ1n) is 28.4. The fourth-order valence-corrected chi connectivity index (χ4v) is 20.0. The summed E-state index contributed by atoms with van der Waals surface area (Å²) in [6.07, 6.45) is 0. The number of fused-ring (bicyclic) bond motifs is 14. The molecule has 12 aromatic rings. The molecule has 2 heterocycles. The summed E-state index contributed by atoms with van der Waals surface area (Å²) in [6.45, 7) is 7.32. The van der Waals surface area contributed by atoms with Gasteiger partial charge >= 0.3 is 46.4 Å². The summed E-state index contributed by atoms with van der Waals surface area (Å²) in [5, 5.41) is 3.80. The largest absolute Gasteiger partial charge is 0.518 e. The van der Waals surface area contributed by atoms with Crippen LogP contribution in [0.4, 0.5) is 26.3 Å². The highest BCUT2D eigenvalue weighted by atomic mass is 32.2. The standard InChI is InChI=1S/C70H49F6N3O8P2S2/c1-41-21-29-45(30-22-41)57-37-49-13-5-9-17-53(49)61-62-54-18-10-6-14-50(54)38-58(46-31-23-42(2)24-32-46)66(62)85-88(84-65(57)61,78-90(80,81)69(71,72)73)77-89(79-91(82,83)70(74,75)76)86-67-59(47-33-25-43(3)26-34-47)39-51-15-7-11-19-55(51)63(67)64-56-20-12-8-16-52(56)40-60(68(64)87-89)48-35-27-44(4)28-36-48/h5-40,77H,1-4H3. The van der Waals surface area contributed by atoms with Gasteiger partial charge in [-0.25, -0.2) is 0 Å². The zero-order valence-corrected chi connectivity index (χ0v) is 51.8. The molecule has 2 aliphatic heterocycles. The number of aryl methyl sites for hydroxylation is 4. The predicted octanol–water partition coefficient (Wildman–Crippen LogP) is 21.0. The normalized spacial score (nSPS) is 14.4. The van der Waals surface area contributed by atoms with Crippen molar-refractivity contribution in [1.82, 2.24) is 4.86 Å². The Morgan fingerprint density at radius 2 is 0.538 bits per heavy atom. The molecule has 0 saturated heterocycles. The van der Waals surface area contributed by atoms with Crippen LogP contribution in [0.1, 0.15) is 22.3 Å². The summed E-state index contributed by atoms with van der Waals surface area (Å²) in [7, 11) is -26.5. The number of benzene rings is 12. The Labute approximate surface area is 519 Å². The minimum atomic E-state index is -7.02. The van der Waals surface area contributed by atoms with Crippen LogP contribution in [0.3, 0.4) is 0 Å². The third-order valence-electron chi connectivity index (χ3n) is 16.1. The highest BCUT2D eigenvalue weighted by molar-refractivity contribution is 7.96. The van der Waals surface area contributed by atoms with Crippen LogP contribution < -0.4 is 23.0 Å². The van der Waals surface area contributed by atoms with Crippen LogP contribution in [-0.4, -0.2) is 27.9 Å². The molecule has 14 rings (SSSR count). The maximum atomic E-state index is 15.9. The molecule has 0 unspecified atom stereocenters. The zero-order valence-electron chi connectivity index (χ0n) is 48.4. The highest BCUT2D eigenvalue weighted by Gasteiger charge is 2.56. The molecule has 0 saturated carbocycles. The number of sulfonamides is 2. The topological polar surface area (TPSA) is 142 Å². The first-order chi connectivity index (χ1) is 43.4. The Morgan fingerprint density at radius 1 is 0.330 bits per heavy atom. The van der Waals surface area contributed by atoms with Gasteiger partial charge in [0.15, 0.2) is 0 Å². The van der Waals surface area contributed by atoms with E-state index in [4.69, 9.17) is 18.1 Å². The summed E-state index contributed by atoms with van der Waals surface area (Å²) >= 11 is 0. The maximum Gasteiger partial charge on any atom is 0.518 e. The number of nitrogens with one attached hydrogen (secondary N) is 1. The molecule has 456 valence electrons. The van der Waals surface area contributed by atoms with Crippen molar-refractivity contribution in [2.24, 2.45) is 8.30 Å². The van der Waals surface area contributed by atoms with Gasteiger partial charge in [-0.3, -0.25) is 0 Å². The number of hydrogen-bond donors (Lipinski definition) is 1. The SMILES string of the molecule is Cc1ccc(-c2cc3ccccc3c3c2OP(=NS(=O)(=O)C(F)(F)F)(NP2(=NS(=O)(=O)C(F)(F)F)Oc4c(-c5ccc(C)cc5)cc5ccccc5c4-c4c(c(-c5ccc(C)cc5)cc5ccccc45)O2)Oc2c(-c4ccc(C)cc4)cc4ccccc4c2-3)cc1. The first-order valence-corrected chi connectivity index (χ1v) is 34.4. The number of nitrogens with zero attached hydrogens (tertiary/aromatic N) is 2. The Hall–Kier alpha value is -9.22. The molecule has 0 fully saturated rings. The van der Waals surface area contributed by atoms with Crippen LogP contribution in [0.15, 0.2) is 227 Å². The van der Waals surface area contributed by atoms with Crippen molar-refractivity contribution in [3.63, 3.8) is 0 Å². The Balaban J connectivity index is 1.21. The average molecular weight is 1300 g/mol. The average Bonchev–Trinajstić information content (AvgIpc) is 1.64. The van der Waals surface area contributed by atoms with E-state index >= 15 is 26.3 Å². The maximum absolute atomic E-state index is 15.9. The van der Waals surface area contributed by atoms with Gasteiger partial charge in [0.05, 0.1) is 0 Å². The van der Waals surface area contributed by atoms with Gasteiger partial charge in [0.1, 0.15) is 23.0 Å². The predicted molar refractivity (Wildman–Crippen MR) is 349 cm³/mol. The van der Waals surface area contributed by atoms with Crippen molar-refractivity contribution < 1.29 is 61.3 Å². The van der Waals surface area contributed by atoms with Gasteiger partial charge in [-0.1, -0.05) is 225 Å². The van der Waals surface area contributed by atoms with Crippen molar-refractivity contribution in [1.29, 1.82) is 0 Å². The lowest BCUT2D eigenvalue weighted by Crippen LogP contribution is -2.28. The first kappa shape index (κ1) is 59.4. The molecule has 0 bridgehead atoms. The van der Waals surface area contributed by atoms with Gasteiger partial charge in [-0.2, -0.15) is 43.2 Å². The second-order valence-electron chi connectivity index (χ2n) is 22.4. The van der Waals surface area contributed by atoms with Gasteiger partial charge in [0.25, 0.3) is 0 Å². The van der Waals surface area contributed by atoms with Crippen LogP contribution in [0.2, 0.25) is 0 Å². The van der Waals surface area contributed by atoms with Crippen molar-refractivity contribution in [3.8, 4) is 89.8 Å². The lowest BCUT2D eigenvalue weighted by atomic mass is 9.86. The molecule has 91 heavy (non-hydrogen) atoms. The van der Waals surface area contributed by atoms with E-state index in [0.29, 0.717) is 65.3 Å². The Bertz CT molecular complexity index is 4780. The van der Waals surface area contributed by atoms with Crippen LogP contribution >= 0.6 is 15.3 Å². The minimum Gasteiger partial charge on any atom is -0.417 e. The van der Waals surface area contributed by atoms with Gasteiger partial charge < -0.3 is 18.1 Å². The fraction of sp³-hybridized carbons (Fsp3) is 0.0857. The van der Waals surface area contributed by atoms with E-state index in [1.807, 2.05) is 27.7 Å². The second kappa shape index (κ2) is 21.7. The molecule has 21 heteroatoms. The zero-order chi connectivity index (χ0) is 63.6. The van der Waals surface area contributed by atoms with E-state index in [-0.39, 0.29) is 67.5 Å². The number of halogens is 6. The van der Waals surface area contributed by atoms with Crippen LogP contribution in [0.5, 0.6) is 23.0 Å². The van der Waals surface area contributed by atoms with Crippen molar-refractivity contribution >= 4 is 78.5 Å². The highest BCUT2D eigenvalue weighted by Crippen LogP contribution is 2.71. The third-order valence-corrected chi connectivity index (χ3v) is 24.4. The number of rotatable bonds is 8. The van der Waals surface area contributed by atoms with Gasteiger partial charge in [0, 0.05) is 44.5 Å². The summed E-state index contributed by atoms with van der Waals surface area (Å²) < 4.78 is 190. The summed E-state index contributed by atoms with van der Waals surface area (Å²) in [5.41, 5.74) is -6.93. The molecule has 0 radical (unpaired) electrons. The molecule has 1 N–H and O–H groups in total. The van der Waals surface area contributed by atoms with Gasteiger partial charge in [-0.15, -0.1) is 4.86 Å². The monoisotopic (exact) mass is 1300 g/mol. The van der Waals surface area contributed by atoms with Gasteiger partial charge in [0.2, 0.25) is 0 Å². The lowest BCUT2D eigenvalue weighted by Gasteiger charge is -2.32. The summed E-state index contributed by atoms with van der Waals surface area (Å²) in [4.78, 5) is 2.57. The molecule has 0 aromatic heterocycles. The van der Waals surface area contributed by atoms with Crippen LogP contribution in [-0.2, 0) is 20.0 Å². The van der Waals surface area contributed by atoms with E-state index in [2.05, 4.69) is 13.2 Å². The Morgan fingerprint density at radius 3 is 0.747 bits per heavy atom. The Kier molecular flexibility index (Phi) is 14.2. The van der Waals surface area contributed by atoms with Crippen molar-refractivity contribution in [3.05, 3.63) is 241 Å². The molecule has 12 aromatic carbocycles. The smallest absolute Gasteiger partial charge is 0.417 e. The quantitative estimate of drug-likeness (QED) is 0.116. The van der Waals surface area contributed by atoms with Crippen LogP contribution in [0, 0.1) is 27.7 Å². The summed E-state index contributed by atoms with van der Waals surface area (Å²) in [6, 6.07) is 62.3. The van der Waals surface area contributed by atoms with E-state index in [1.165, 1.54) is 0 Å². The molecule has 0 aliphatic carbocycles. The third kappa shape index (κ3) is 10.5. The van der Waals surface area contributed by atoms with E-state index in [0.717, 1.165) is 22.3 Å². The molecular formula is C70H49F6N3O8P2S2. The van der Waals surface area contributed by atoms with E-state index in [1.54, 1.807) is 218 Å². The minimum absolute atomic E-state index is 0.118. The molecule has 0 spiro atoms. The molecule has 11 nitrogen and oxygen atoms in total. The second-order valence-corrected chi connectivity index (χ2v) is 30.1. The fourth-order valence-electron chi connectivity index (χ4n) is 11.7. The van der Waals surface area contributed by atoms with E-state index < -0.39 is 46.4 Å². The molecule has 0 amide bonds.